The number of fused-ring (bicyclic) bond motifs is 3. The summed E-state index contributed by atoms with van der Waals surface area (Å²) < 4.78 is 0.991. The first-order chi connectivity index (χ1) is 6.45. The molecule has 0 saturated carbocycles. The summed E-state index contributed by atoms with van der Waals surface area (Å²) in [6.07, 6.45) is 3.34. The molecule has 0 aromatic carbocycles. The van der Waals surface area contributed by atoms with Crippen molar-refractivity contribution in [3.05, 3.63) is 18.5 Å². The molecule has 0 aliphatic rings. The summed E-state index contributed by atoms with van der Waals surface area (Å²) in [5.74, 6) is 0. The van der Waals surface area contributed by atoms with Gasteiger partial charge in [0, 0.05) is 5.39 Å². The van der Waals surface area contributed by atoms with Gasteiger partial charge in [-0.3, -0.25) is 0 Å². The summed E-state index contributed by atoms with van der Waals surface area (Å²) in [6, 6.07) is 1.88. The zero-order chi connectivity index (χ0) is 8.67. The van der Waals surface area contributed by atoms with Crippen LogP contribution in [0.15, 0.2) is 18.5 Å². The number of hydrogen-bond donors (Lipinski definition) is 0. The fourth-order valence-corrected chi connectivity index (χ4v) is 2.12. The minimum Gasteiger partial charge on any atom is -0.158 e. The molecule has 0 aliphatic carbocycles. The molecule has 13 heavy (non-hydrogen) atoms. The molecule has 0 unspecified atom stereocenters. The average molecular weight is 189 g/mol. The van der Waals surface area contributed by atoms with Gasteiger partial charge in [0.25, 0.3) is 0 Å². The van der Waals surface area contributed by atoms with Gasteiger partial charge in [0.05, 0.1) is 17.1 Å². The van der Waals surface area contributed by atoms with Crippen LogP contribution in [-0.2, 0) is 0 Å². The zero-order valence-electron chi connectivity index (χ0n) is 6.38. The van der Waals surface area contributed by atoms with Crippen LogP contribution in [0.3, 0.4) is 0 Å². The van der Waals surface area contributed by atoms with E-state index in [9.17, 15) is 0 Å². The molecule has 0 N–H and O–H groups in total. The third kappa shape index (κ3) is 0.888. The maximum atomic E-state index is 3.99. The lowest BCUT2D eigenvalue weighted by Gasteiger charge is -1.84. The molecule has 0 spiro atoms. The molecule has 3 aromatic rings. The van der Waals surface area contributed by atoms with E-state index in [2.05, 4.69) is 25.6 Å². The quantitative estimate of drug-likeness (QED) is 0.528. The molecule has 3 heterocycles. The molecule has 3 aromatic heterocycles. The van der Waals surface area contributed by atoms with Gasteiger partial charge in [-0.05, 0) is 11.3 Å². The lowest BCUT2D eigenvalue weighted by atomic mass is 10.3. The highest BCUT2D eigenvalue weighted by molar-refractivity contribution is 7.25. The van der Waals surface area contributed by atoms with Crippen LogP contribution in [0.25, 0.3) is 20.4 Å². The Bertz CT molecular complexity index is 525. The van der Waals surface area contributed by atoms with Crippen molar-refractivity contribution >= 4 is 31.8 Å². The first-order valence-corrected chi connectivity index (χ1v) is 4.45. The van der Waals surface area contributed by atoms with Gasteiger partial charge in [-0.15, -0.1) is 26.6 Å². The summed E-state index contributed by atoms with van der Waals surface area (Å²) in [6.45, 7) is 0. The third-order valence-electron chi connectivity index (χ3n) is 1.75. The van der Waals surface area contributed by atoms with Gasteiger partial charge < -0.3 is 0 Å². The van der Waals surface area contributed by atoms with Crippen molar-refractivity contribution in [1.82, 2.24) is 25.6 Å². The highest BCUT2D eigenvalue weighted by Gasteiger charge is 2.06. The van der Waals surface area contributed by atoms with Crippen molar-refractivity contribution in [3.8, 4) is 0 Å². The van der Waals surface area contributed by atoms with Crippen molar-refractivity contribution in [2.24, 2.45) is 0 Å². The molecule has 3 rings (SSSR count). The summed E-state index contributed by atoms with van der Waals surface area (Å²) >= 11 is 1.52. The summed E-state index contributed by atoms with van der Waals surface area (Å²) in [4.78, 5) is 0.875. The van der Waals surface area contributed by atoms with E-state index in [0.717, 1.165) is 20.4 Å². The fraction of sp³-hybridized carbons (Fsp3) is 0. The number of hydrogen-bond acceptors (Lipinski definition) is 6. The van der Waals surface area contributed by atoms with Crippen molar-refractivity contribution in [2.45, 2.75) is 0 Å². The van der Waals surface area contributed by atoms with Crippen LogP contribution in [0.1, 0.15) is 0 Å². The van der Waals surface area contributed by atoms with Crippen molar-refractivity contribution in [3.63, 3.8) is 0 Å². The Balaban J connectivity index is 2.64. The first kappa shape index (κ1) is 6.79. The van der Waals surface area contributed by atoms with Crippen LogP contribution in [0.5, 0.6) is 0 Å². The first-order valence-electron chi connectivity index (χ1n) is 3.63. The molecule has 0 fully saturated rings. The third-order valence-corrected chi connectivity index (χ3v) is 2.77. The van der Waals surface area contributed by atoms with Gasteiger partial charge in [-0.2, -0.15) is 5.10 Å². The normalized spacial score (nSPS) is 11.1. The molecule has 5 nitrogen and oxygen atoms in total. The number of thiophene rings is 1. The zero-order valence-corrected chi connectivity index (χ0v) is 7.19. The van der Waals surface area contributed by atoms with E-state index in [1.54, 1.807) is 12.4 Å². The highest BCUT2D eigenvalue weighted by atomic mass is 32.1. The smallest absolute Gasteiger partial charge is 0.149 e. The molecule has 0 radical (unpaired) electrons. The predicted molar refractivity (Wildman–Crippen MR) is 48.3 cm³/mol. The predicted octanol–water partition coefficient (Wildman–Crippen LogP) is 1.03. The molecule has 0 amide bonds. The highest BCUT2D eigenvalue weighted by Crippen LogP contribution is 2.28. The summed E-state index contributed by atoms with van der Waals surface area (Å²) in [5.41, 5.74) is 0.852. The Morgan fingerprint density at radius 1 is 1.15 bits per heavy atom. The van der Waals surface area contributed by atoms with Crippen LogP contribution < -0.4 is 0 Å². The fourth-order valence-electron chi connectivity index (χ4n) is 1.20. The van der Waals surface area contributed by atoms with E-state index >= 15 is 0 Å². The van der Waals surface area contributed by atoms with Crippen LogP contribution >= 0.6 is 11.3 Å². The van der Waals surface area contributed by atoms with Crippen LogP contribution in [0.2, 0.25) is 0 Å². The van der Waals surface area contributed by atoms with Crippen LogP contribution in [-0.4, -0.2) is 25.6 Å². The number of rotatable bonds is 0. The topological polar surface area (TPSA) is 64.5 Å². The van der Waals surface area contributed by atoms with Gasteiger partial charge >= 0.3 is 0 Å². The van der Waals surface area contributed by atoms with E-state index in [1.165, 1.54) is 11.3 Å². The van der Waals surface area contributed by atoms with Gasteiger partial charge in [0.2, 0.25) is 0 Å². The monoisotopic (exact) mass is 189 g/mol. The Hall–Kier alpha value is -1.69. The summed E-state index contributed by atoms with van der Waals surface area (Å²) in [7, 11) is 0. The Morgan fingerprint density at radius 3 is 3.15 bits per heavy atom. The molecule has 0 atom stereocenters. The largest absolute Gasteiger partial charge is 0.158 e. The average Bonchev–Trinajstić information content (AvgIpc) is 2.56. The van der Waals surface area contributed by atoms with Crippen LogP contribution in [0.4, 0.5) is 0 Å². The molecule has 0 saturated heterocycles. The minimum absolute atomic E-state index is 0.852. The second kappa shape index (κ2) is 2.40. The van der Waals surface area contributed by atoms with Crippen molar-refractivity contribution in [1.29, 1.82) is 0 Å². The van der Waals surface area contributed by atoms with E-state index in [0.29, 0.717) is 0 Å². The number of nitrogens with zero attached hydrogens (tertiary/aromatic N) is 5. The molecule has 6 heteroatoms. The second-order valence-corrected chi connectivity index (χ2v) is 3.53. The second-order valence-electron chi connectivity index (χ2n) is 2.50. The van der Waals surface area contributed by atoms with Gasteiger partial charge in [0.15, 0.2) is 0 Å². The molecular formula is C7H3N5S. The van der Waals surface area contributed by atoms with Crippen molar-refractivity contribution in [2.75, 3.05) is 0 Å². The Kier molecular flexibility index (Phi) is 1.25. The van der Waals surface area contributed by atoms with Gasteiger partial charge in [-0.25, -0.2) is 0 Å². The molecular weight excluding hydrogens is 186 g/mol. The van der Waals surface area contributed by atoms with Crippen LogP contribution in [0, 0.1) is 0 Å². The Labute approximate surface area is 76.4 Å². The maximum Gasteiger partial charge on any atom is 0.149 e. The van der Waals surface area contributed by atoms with E-state index < -0.39 is 0 Å². The summed E-state index contributed by atoms with van der Waals surface area (Å²) in [5, 5.41) is 20.0. The lowest BCUT2D eigenvalue weighted by Crippen LogP contribution is -1.83. The van der Waals surface area contributed by atoms with Crippen molar-refractivity contribution < 1.29 is 0 Å². The number of aromatic nitrogens is 5. The van der Waals surface area contributed by atoms with Gasteiger partial charge in [0.1, 0.15) is 10.3 Å². The van der Waals surface area contributed by atoms with E-state index in [4.69, 9.17) is 0 Å². The van der Waals surface area contributed by atoms with E-state index in [-0.39, 0.29) is 0 Å². The SMILES string of the molecule is c1cc2c(nn1)sc1cnnnc12. The lowest BCUT2D eigenvalue weighted by molar-refractivity contribution is 0.899. The Morgan fingerprint density at radius 2 is 2.15 bits per heavy atom. The van der Waals surface area contributed by atoms with Gasteiger partial charge in [-0.1, -0.05) is 0 Å². The maximum absolute atomic E-state index is 3.99. The molecule has 62 valence electrons. The minimum atomic E-state index is 0.852. The van der Waals surface area contributed by atoms with E-state index in [1.807, 2.05) is 6.07 Å². The standard InChI is InChI=1S/C7H3N5S/c1-2-8-11-7-4(1)6-5(13-7)3-9-12-10-6/h1-3H. The molecule has 0 aliphatic heterocycles. The molecule has 0 bridgehead atoms.